The van der Waals surface area contributed by atoms with Crippen LogP contribution in [0.15, 0.2) is 30.9 Å². The number of aliphatic hydroxyl groups is 1. The Morgan fingerprint density at radius 1 is 1.61 bits per heavy atom. The van der Waals surface area contributed by atoms with Gasteiger partial charge in [0.1, 0.15) is 11.6 Å². The highest BCUT2D eigenvalue weighted by Crippen LogP contribution is 2.17. The van der Waals surface area contributed by atoms with Crippen LogP contribution in [0, 0.1) is 5.82 Å². The van der Waals surface area contributed by atoms with E-state index in [1.54, 1.807) is 0 Å². The number of hydrogen-bond acceptors (Lipinski definition) is 3. The van der Waals surface area contributed by atoms with Crippen molar-refractivity contribution in [1.29, 1.82) is 0 Å². The van der Waals surface area contributed by atoms with Crippen LogP contribution in [0.4, 0.5) is 4.39 Å². The molecule has 0 aliphatic carbocycles. The van der Waals surface area contributed by atoms with Gasteiger partial charge in [-0.1, -0.05) is 6.08 Å². The van der Waals surface area contributed by atoms with Crippen molar-refractivity contribution in [2.75, 3.05) is 26.8 Å². The number of carbonyl (C=O) groups excluding carboxylic acids is 1. The number of nitrogens with zero attached hydrogens (tertiary/aromatic N) is 1. The van der Waals surface area contributed by atoms with Crippen molar-refractivity contribution in [2.24, 2.45) is 0 Å². The second-order valence-electron chi connectivity index (χ2n) is 3.61. The van der Waals surface area contributed by atoms with E-state index in [1.807, 2.05) is 0 Å². The van der Waals surface area contributed by atoms with Gasteiger partial charge in [-0.25, -0.2) is 4.39 Å². The van der Waals surface area contributed by atoms with E-state index in [1.165, 1.54) is 30.2 Å². The molecular formula is C13H16FNO3. The van der Waals surface area contributed by atoms with E-state index < -0.39 is 11.7 Å². The maximum atomic E-state index is 13.7. The minimum absolute atomic E-state index is 0.0499. The van der Waals surface area contributed by atoms with Crippen LogP contribution in [0.25, 0.3) is 0 Å². The molecule has 5 heteroatoms. The molecule has 0 saturated carbocycles. The Bertz CT molecular complexity index is 434. The Hall–Kier alpha value is -1.88. The van der Waals surface area contributed by atoms with Crippen molar-refractivity contribution in [3.8, 4) is 5.75 Å². The van der Waals surface area contributed by atoms with E-state index in [9.17, 15) is 9.18 Å². The number of rotatable bonds is 6. The van der Waals surface area contributed by atoms with Gasteiger partial charge in [-0.2, -0.15) is 0 Å². The quantitative estimate of drug-likeness (QED) is 0.781. The molecule has 0 bridgehead atoms. The van der Waals surface area contributed by atoms with E-state index in [4.69, 9.17) is 9.84 Å². The lowest BCUT2D eigenvalue weighted by Gasteiger charge is -2.20. The molecule has 98 valence electrons. The van der Waals surface area contributed by atoms with E-state index in [0.29, 0.717) is 5.75 Å². The van der Waals surface area contributed by atoms with Crippen LogP contribution in [0.5, 0.6) is 5.75 Å². The smallest absolute Gasteiger partial charge is 0.257 e. The predicted octanol–water partition coefficient (Wildman–Crippen LogP) is 1.45. The molecule has 1 rings (SSSR count). The highest BCUT2D eigenvalue weighted by atomic mass is 19.1. The molecule has 1 aromatic carbocycles. The van der Waals surface area contributed by atoms with Crippen LogP contribution in [0.3, 0.4) is 0 Å². The largest absolute Gasteiger partial charge is 0.497 e. The van der Waals surface area contributed by atoms with E-state index in [2.05, 4.69) is 6.58 Å². The first-order valence-electron chi connectivity index (χ1n) is 5.48. The van der Waals surface area contributed by atoms with Gasteiger partial charge in [0.15, 0.2) is 0 Å². The maximum Gasteiger partial charge on any atom is 0.257 e. The summed E-state index contributed by atoms with van der Waals surface area (Å²) in [5.41, 5.74) is -0.0499. The first-order valence-corrected chi connectivity index (χ1v) is 5.48. The summed E-state index contributed by atoms with van der Waals surface area (Å²) in [6, 6.07) is 4.03. The molecule has 0 atom stereocenters. The third-order valence-electron chi connectivity index (χ3n) is 2.41. The number of amides is 1. The second kappa shape index (κ2) is 6.76. The Morgan fingerprint density at radius 2 is 2.33 bits per heavy atom. The topological polar surface area (TPSA) is 49.8 Å². The predicted molar refractivity (Wildman–Crippen MR) is 66.1 cm³/mol. The number of aliphatic hydroxyl groups excluding tert-OH is 1. The molecule has 0 fully saturated rings. The van der Waals surface area contributed by atoms with Gasteiger partial charge in [0.25, 0.3) is 5.91 Å². The third kappa shape index (κ3) is 3.30. The molecule has 4 nitrogen and oxygen atoms in total. The Labute approximate surface area is 105 Å². The van der Waals surface area contributed by atoms with Crippen LogP contribution in [0.1, 0.15) is 10.4 Å². The molecule has 0 radical (unpaired) electrons. The average Bonchev–Trinajstić information content (AvgIpc) is 2.37. The zero-order valence-electron chi connectivity index (χ0n) is 10.2. The van der Waals surface area contributed by atoms with Gasteiger partial charge in [-0.3, -0.25) is 4.79 Å². The molecule has 0 spiro atoms. The summed E-state index contributed by atoms with van der Waals surface area (Å²) >= 11 is 0. The first kappa shape index (κ1) is 14.2. The summed E-state index contributed by atoms with van der Waals surface area (Å²) < 4.78 is 18.6. The number of ether oxygens (including phenoxy) is 1. The fraction of sp³-hybridized carbons (Fsp3) is 0.308. The second-order valence-corrected chi connectivity index (χ2v) is 3.61. The third-order valence-corrected chi connectivity index (χ3v) is 2.41. The van der Waals surface area contributed by atoms with E-state index in [-0.39, 0.29) is 25.3 Å². The van der Waals surface area contributed by atoms with Crippen molar-refractivity contribution in [2.45, 2.75) is 0 Å². The first-order chi connectivity index (χ1) is 8.63. The summed E-state index contributed by atoms with van der Waals surface area (Å²) in [4.78, 5) is 13.3. The molecule has 18 heavy (non-hydrogen) atoms. The molecule has 1 aromatic rings. The highest BCUT2D eigenvalue weighted by Gasteiger charge is 2.18. The van der Waals surface area contributed by atoms with Gasteiger partial charge in [-0.05, 0) is 12.1 Å². The highest BCUT2D eigenvalue weighted by molar-refractivity contribution is 5.94. The monoisotopic (exact) mass is 253 g/mol. The lowest BCUT2D eigenvalue weighted by molar-refractivity contribution is 0.0738. The number of halogens is 1. The van der Waals surface area contributed by atoms with Gasteiger partial charge >= 0.3 is 0 Å². The van der Waals surface area contributed by atoms with Crippen LogP contribution < -0.4 is 4.74 Å². The van der Waals surface area contributed by atoms with Crippen LogP contribution in [-0.4, -0.2) is 42.7 Å². The van der Waals surface area contributed by atoms with Crippen molar-refractivity contribution in [1.82, 2.24) is 4.90 Å². The minimum atomic E-state index is -0.647. The summed E-state index contributed by atoms with van der Waals surface area (Å²) in [5, 5.41) is 8.87. The SMILES string of the molecule is C=CCN(CCO)C(=O)c1ccc(OC)cc1F. The lowest BCUT2D eigenvalue weighted by Crippen LogP contribution is -2.34. The number of hydrogen-bond donors (Lipinski definition) is 1. The summed E-state index contributed by atoms with van der Waals surface area (Å²) in [6.07, 6.45) is 1.52. The fourth-order valence-corrected chi connectivity index (χ4v) is 1.52. The number of benzene rings is 1. The zero-order valence-corrected chi connectivity index (χ0v) is 10.2. The summed E-state index contributed by atoms with van der Waals surface area (Å²) in [7, 11) is 1.42. The van der Waals surface area contributed by atoms with Crippen LogP contribution in [-0.2, 0) is 0 Å². The van der Waals surface area contributed by atoms with Crippen molar-refractivity contribution in [3.05, 3.63) is 42.2 Å². The molecule has 0 aliphatic rings. The molecule has 1 amide bonds. The van der Waals surface area contributed by atoms with Gasteiger partial charge in [0, 0.05) is 19.2 Å². The van der Waals surface area contributed by atoms with Gasteiger partial charge in [0.05, 0.1) is 19.3 Å². The normalized spacial score (nSPS) is 9.94. The molecule has 0 aliphatic heterocycles. The van der Waals surface area contributed by atoms with Crippen molar-refractivity contribution < 1.29 is 19.0 Å². The van der Waals surface area contributed by atoms with E-state index >= 15 is 0 Å². The standard InChI is InChI=1S/C13H16FNO3/c1-3-6-15(7-8-16)13(17)11-5-4-10(18-2)9-12(11)14/h3-5,9,16H,1,6-8H2,2H3. The Morgan fingerprint density at radius 3 is 2.83 bits per heavy atom. The number of methoxy groups -OCH3 is 1. The van der Waals surface area contributed by atoms with Crippen LogP contribution in [0.2, 0.25) is 0 Å². The Kier molecular flexibility index (Phi) is 5.32. The minimum Gasteiger partial charge on any atom is -0.497 e. The van der Waals surface area contributed by atoms with Crippen molar-refractivity contribution in [3.63, 3.8) is 0 Å². The molecule has 1 N–H and O–H groups in total. The molecule has 0 unspecified atom stereocenters. The molecule has 0 saturated heterocycles. The van der Waals surface area contributed by atoms with Gasteiger partial charge in [0.2, 0.25) is 0 Å². The molecule has 0 aromatic heterocycles. The average molecular weight is 253 g/mol. The number of carbonyl (C=O) groups is 1. The summed E-state index contributed by atoms with van der Waals surface area (Å²) in [6.45, 7) is 3.73. The lowest BCUT2D eigenvalue weighted by atomic mass is 10.1. The van der Waals surface area contributed by atoms with Gasteiger partial charge in [-0.15, -0.1) is 6.58 Å². The summed E-state index contributed by atoms with van der Waals surface area (Å²) in [5.74, 6) is -0.781. The fourth-order valence-electron chi connectivity index (χ4n) is 1.52. The Balaban J connectivity index is 2.97. The van der Waals surface area contributed by atoms with Crippen molar-refractivity contribution >= 4 is 5.91 Å². The van der Waals surface area contributed by atoms with E-state index in [0.717, 1.165) is 6.07 Å². The molecule has 0 heterocycles. The zero-order chi connectivity index (χ0) is 13.5. The maximum absolute atomic E-state index is 13.7. The molecular weight excluding hydrogens is 237 g/mol. The van der Waals surface area contributed by atoms with Gasteiger partial charge < -0.3 is 14.7 Å². The van der Waals surface area contributed by atoms with Crippen LogP contribution >= 0.6 is 0 Å².